The van der Waals surface area contributed by atoms with Gasteiger partial charge in [-0.1, -0.05) is 0 Å². The van der Waals surface area contributed by atoms with Crippen molar-refractivity contribution < 1.29 is 13.9 Å². The van der Waals surface area contributed by atoms with Gasteiger partial charge in [0.1, 0.15) is 11.4 Å². The summed E-state index contributed by atoms with van der Waals surface area (Å²) in [5.41, 5.74) is 15.0. The molecular formula is C32H39N11O+2. The second-order valence-corrected chi connectivity index (χ2v) is 9.99. The van der Waals surface area contributed by atoms with Crippen LogP contribution in [0.1, 0.15) is 33.3 Å². The van der Waals surface area contributed by atoms with Crippen molar-refractivity contribution in [2.75, 3.05) is 39.3 Å². The molecule has 12 nitrogen and oxygen atoms in total. The summed E-state index contributed by atoms with van der Waals surface area (Å²) < 4.78 is 9.56. The van der Waals surface area contributed by atoms with E-state index in [1.54, 1.807) is 18.3 Å². The third-order valence-corrected chi connectivity index (χ3v) is 7.11. The van der Waals surface area contributed by atoms with E-state index in [1.807, 2.05) is 49.1 Å². The van der Waals surface area contributed by atoms with Crippen molar-refractivity contribution in [3.63, 3.8) is 0 Å². The summed E-state index contributed by atoms with van der Waals surface area (Å²) in [5.74, 6) is -0.169. The number of aldehydes is 1. The minimum atomic E-state index is -0.169. The van der Waals surface area contributed by atoms with Crippen LogP contribution in [0.15, 0.2) is 102 Å². The third kappa shape index (κ3) is 6.51. The summed E-state index contributed by atoms with van der Waals surface area (Å²) in [6.07, 6.45) is 18.8. The van der Waals surface area contributed by atoms with Crippen molar-refractivity contribution in [2.24, 2.45) is 21.5 Å². The molecule has 1 fully saturated rings. The molecule has 8 rings (SSSR count). The monoisotopic (exact) mass is 593 g/mol. The van der Waals surface area contributed by atoms with Crippen LogP contribution in [0.4, 0.5) is 0 Å². The first-order valence-electron chi connectivity index (χ1n) is 14.5. The van der Waals surface area contributed by atoms with E-state index in [0.717, 1.165) is 30.8 Å². The van der Waals surface area contributed by atoms with E-state index in [4.69, 9.17) is 11.5 Å². The number of carbonyl (C=O) groups is 1. The van der Waals surface area contributed by atoms with Gasteiger partial charge in [0.25, 0.3) is 0 Å². The van der Waals surface area contributed by atoms with Crippen LogP contribution in [-0.4, -0.2) is 104 Å². The van der Waals surface area contributed by atoms with Crippen LogP contribution in [-0.2, 0) is 5.91 Å². The molecule has 1 saturated heterocycles. The highest BCUT2D eigenvalue weighted by Crippen LogP contribution is 2.36. The Labute approximate surface area is 255 Å². The van der Waals surface area contributed by atoms with Gasteiger partial charge >= 0.3 is 5.91 Å². The van der Waals surface area contributed by atoms with Crippen LogP contribution >= 0.6 is 0 Å². The Kier molecular flexibility index (Phi) is 10.1. The summed E-state index contributed by atoms with van der Waals surface area (Å²) >= 11 is 0. The molecule has 3 aliphatic rings. The standard InChI is InChI=1S/C13H12N4.C12H14N4.C5H5NO.C2H8N2/c1-3-11-9-14-7-8-15-10-12-4-2-6-17(12)13(14,15)16(11)5-1;1-3-11(15-5-1)9-13-7-8-14-10-12-4-2-6-16-12;7-4-5-2-1-3-6-5;3-1-2-4/h1-6,9-10H,7-8H2;1-6,9-10,15-16H,7-8H2;1-4,6H;1-4H2/q+2;;;. The average Bonchev–Trinajstić information content (AvgIpc) is 3.88. The molecule has 3 aliphatic heterocycles. The summed E-state index contributed by atoms with van der Waals surface area (Å²) in [7, 11) is 0. The quantitative estimate of drug-likeness (QED) is 0.0847. The summed E-state index contributed by atoms with van der Waals surface area (Å²) in [6, 6.07) is 19.9. The maximum Gasteiger partial charge on any atom is 0.541 e. The second kappa shape index (κ2) is 14.7. The molecule has 0 bridgehead atoms. The predicted molar refractivity (Wildman–Crippen MR) is 174 cm³/mol. The van der Waals surface area contributed by atoms with Gasteiger partial charge in [0.05, 0.1) is 30.2 Å². The number of nitrogens with zero attached hydrogens (tertiary/aromatic N) is 6. The number of carbonyl (C=O) groups excluding carboxylic acids is 1. The molecule has 0 radical (unpaired) electrons. The number of rotatable bonds is 7. The maximum atomic E-state index is 9.84. The molecule has 0 unspecified atom stereocenters. The van der Waals surface area contributed by atoms with Crippen LogP contribution in [0.2, 0.25) is 0 Å². The van der Waals surface area contributed by atoms with Gasteiger partial charge in [-0.2, -0.15) is 0 Å². The second-order valence-electron chi connectivity index (χ2n) is 9.99. The first-order chi connectivity index (χ1) is 21.7. The van der Waals surface area contributed by atoms with Gasteiger partial charge in [0.15, 0.2) is 18.7 Å². The number of hydrogen-bond donors (Lipinski definition) is 5. The van der Waals surface area contributed by atoms with Gasteiger partial charge < -0.3 is 26.4 Å². The van der Waals surface area contributed by atoms with E-state index in [-0.39, 0.29) is 5.91 Å². The highest BCUT2D eigenvalue weighted by molar-refractivity contribution is 5.79. The molecule has 7 N–H and O–H groups in total. The predicted octanol–water partition coefficient (Wildman–Crippen LogP) is 1.92. The number of aromatic nitrogens is 5. The van der Waals surface area contributed by atoms with Crippen molar-refractivity contribution in [1.29, 1.82) is 0 Å². The molecule has 5 aromatic heterocycles. The maximum absolute atomic E-state index is 9.84. The van der Waals surface area contributed by atoms with Gasteiger partial charge in [-0.25, -0.2) is 9.13 Å². The lowest BCUT2D eigenvalue weighted by Gasteiger charge is -2.16. The van der Waals surface area contributed by atoms with Gasteiger partial charge in [0, 0.05) is 56.5 Å². The fourth-order valence-electron chi connectivity index (χ4n) is 5.22. The van der Waals surface area contributed by atoms with E-state index < -0.39 is 0 Å². The highest BCUT2D eigenvalue weighted by atomic mass is 16.1. The molecule has 0 aliphatic carbocycles. The van der Waals surface area contributed by atoms with Crippen LogP contribution in [0.5, 0.6) is 0 Å². The number of aromatic amines is 3. The molecular weight excluding hydrogens is 554 g/mol. The van der Waals surface area contributed by atoms with Crippen LogP contribution in [0.25, 0.3) is 0 Å². The van der Waals surface area contributed by atoms with Crippen molar-refractivity contribution >= 4 is 31.1 Å². The fourth-order valence-corrected chi connectivity index (χ4v) is 5.22. The van der Waals surface area contributed by atoms with Crippen molar-refractivity contribution in [2.45, 2.75) is 5.91 Å². The van der Waals surface area contributed by atoms with Gasteiger partial charge in [-0.05, 0) is 60.7 Å². The van der Waals surface area contributed by atoms with Gasteiger partial charge in [-0.3, -0.25) is 14.8 Å². The molecule has 1 spiro atoms. The Balaban J connectivity index is 0.000000132. The van der Waals surface area contributed by atoms with Gasteiger partial charge in [0.2, 0.25) is 13.1 Å². The number of nitrogens with one attached hydrogen (secondary N) is 3. The molecule has 12 heteroatoms. The van der Waals surface area contributed by atoms with Crippen molar-refractivity contribution in [3.8, 4) is 0 Å². The molecule has 8 heterocycles. The zero-order valence-electron chi connectivity index (χ0n) is 24.5. The Hall–Kier alpha value is -5.33. The average molecular weight is 594 g/mol. The van der Waals surface area contributed by atoms with Crippen LogP contribution in [0.3, 0.4) is 0 Å². The number of hydrogen-bond acceptors (Lipinski definition) is 5. The zero-order chi connectivity index (χ0) is 30.6. The third-order valence-electron chi connectivity index (χ3n) is 7.11. The van der Waals surface area contributed by atoms with Crippen LogP contribution < -0.4 is 11.5 Å². The number of nitrogens with two attached hydrogens (primary N) is 2. The smallest absolute Gasteiger partial charge is 0.360 e. The summed E-state index contributed by atoms with van der Waals surface area (Å²) in [6.45, 7) is 4.76. The van der Waals surface area contributed by atoms with E-state index in [1.165, 1.54) is 11.4 Å². The molecule has 0 amide bonds. The molecule has 44 heavy (non-hydrogen) atoms. The topological polar surface area (TPSA) is 157 Å². The fraction of sp³-hybridized carbons (Fsp3) is 0.219. The van der Waals surface area contributed by atoms with Crippen molar-refractivity contribution in [3.05, 3.63) is 120 Å². The minimum absolute atomic E-state index is 0.169. The minimum Gasteiger partial charge on any atom is -0.360 e. The number of H-pyrrole nitrogens is 3. The SMILES string of the molecule is C(=NCCN=Cc1ccc[nH]1)c1ccc[nH]1.C1=[N+]2CC[N+]3=Cc4cccn4C23n2cccc21.NCCN.O=Cc1ccc[nH]1. The zero-order valence-corrected chi connectivity index (χ0v) is 24.5. The van der Waals surface area contributed by atoms with Crippen LogP contribution in [0, 0.1) is 0 Å². The normalized spacial score (nSPS) is 14.7. The summed E-state index contributed by atoms with van der Waals surface area (Å²) in [5, 5.41) is 0. The Morgan fingerprint density at radius 3 is 1.52 bits per heavy atom. The number of aliphatic imine (C=N–C) groups is 2. The van der Waals surface area contributed by atoms with Gasteiger partial charge in [-0.15, -0.1) is 9.15 Å². The first-order valence-corrected chi connectivity index (χ1v) is 14.5. The molecule has 0 atom stereocenters. The Bertz CT molecular complexity index is 1590. The lowest BCUT2D eigenvalue weighted by Crippen LogP contribution is -2.48. The molecule has 226 valence electrons. The van der Waals surface area contributed by atoms with E-state index >= 15 is 0 Å². The largest absolute Gasteiger partial charge is 0.541 e. The lowest BCUT2D eigenvalue weighted by molar-refractivity contribution is -0.796. The molecule has 5 aromatic rings. The molecule has 0 aromatic carbocycles. The van der Waals surface area contributed by atoms with Crippen molar-refractivity contribution in [1.82, 2.24) is 24.1 Å². The Morgan fingerprint density at radius 1 is 0.705 bits per heavy atom. The number of fused-ring (bicyclic) bond motifs is 2. The van der Waals surface area contributed by atoms with E-state index in [2.05, 4.69) is 92.3 Å². The Morgan fingerprint density at radius 2 is 1.16 bits per heavy atom. The summed E-state index contributed by atoms with van der Waals surface area (Å²) in [4.78, 5) is 27.2. The van der Waals surface area contributed by atoms with E-state index in [0.29, 0.717) is 31.9 Å². The molecule has 0 saturated carbocycles. The first kappa shape index (κ1) is 30.1. The lowest BCUT2D eigenvalue weighted by atomic mass is 10.4. The van der Waals surface area contributed by atoms with E-state index in [9.17, 15) is 4.79 Å². The highest BCUT2D eigenvalue weighted by Gasteiger charge is 2.67.